The third-order valence-electron chi connectivity index (χ3n) is 2.77. The van der Waals surface area contributed by atoms with E-state index in [1.165, 1.54) is 0 Å². The predicted molar refractivity (Wildman–Crippen MR) is 78.5 cm³/mol. The summed E-state index contributed by atoms with van der Waals surface area (Å²) < 4.78 is 0. The first kappa shape index (κ1) is 13.9. The number of aliphatic hydroxyl groups is 2. The summed E-state index contributed by atoms with van der Waals surface area (Å²) in [6.45, 7) is 0.0660. The second kappa shape index (κ2) is 6.57. The molecule has 2 aromatic rings. The van der Waals surface area contributed by atoms with Crippen molar-refractivity contribution < 1.29 is 10.2 Å². The Kier molecular flexibility index (Phi) is 4.80. The summed E-state index contributed by atoms with van der Waals surface area (Å²) in [6.07, 6.45) is -0.755. The minimum atomic E-state index is -0.755. The maximum Gasteiger partial charge on any atom is 0.0942 e. The molecule has 0 aliphatic heterocycles. The highest BCUT2D eigenvalue weighted by atomic mass is 35.5. The summed E-state index contributed by atoms with van der Waals surface area (Å²) in [4.78, 5) is 0. The zero-order chi connectivity index (χ0) is 13.7. The molecule has 0 bridgehead atoms. The molecule has 0 aliphatic rings. The first-order chi connectivity index (χ1) is 9.19. The lowest BCUT2D eigenvalue weighted by Gasteiger charge is -2.11. The van der Waals surface area contributed by atoms with Crippen molar-refractivity contribution >= 4 is 17.3 Å². The Labute approximate surface area is 117 Å². The zero-order valence-electron chi connectivity index (χ0n) is 10.4. The van der Waals surface area contributed by atoms with Crippen LogP contribution < -0.4 is 5.32 Å². The zero-order valence-corrected chi connectivity index (χ0v) is 11.1. The number of hydrogen-bond acceptors (Lipinski definition) is 3. The van der Waals surface area contributed by atoms with Gasteiger partial charge in [0.25, 0.3) is 0 Å². The standard InChI is InChI=1S/C15H16ClNO2/c16-13-5-1-3-11(7-13)12-4-2-6-14(8-12)17-9-15(19)10-18/h1-8,15,17-19H,9-10H2. The van der Waals surface area contributed by atoms with Crippen LogP contribution in [0.3, 0.4) is 0 Å². The number of aliphatic hydroxyl groups excluding tert-OH is 2. The van der Waals surface area contributed by atoms with Gasteiger partial charge in [-0.15, -0.1) is 0 Å². The third-order valence-corrected chi connectivity index (χ3v) is 3.01. The SMILES string of the molecule is OCC(O)CNc1cccc(-c2cccc(Cl)c2)c1. The molecular formula is C15H16ClNO2. The van der Waals surface area contributed by atoms with E-state index in [1.54, 1.807) is 0 Å². The molecule has 2 aromatic carbocycles. The van der Waals surface area contributed by atoms with Crippen molar-refractivity contribution in [3.05, 3.63) is 53.6 Å². The molecule has 2 rings (SSSR count). The number of benzene rings is 2. The normalized spacial score (nSPS) is 12.2. The van der Waals surface area contributed by atoms with Crippen molar-refractivity contribution in [2.45, 2.75) is 6.10 Å². The van der Waals surface area contributed by atoms with Gasteiger partial charge < -0.3 is 15.5 Å². The number of hydrogen-bond donors (Lipinski definition) is 3. The van der Waals surface area contributed by atoms with Gasteiger partial charge >= 0.3 is 0 Å². The van der Waals surface area contributed by atoms with E-state index in [0.717, 1.165) is 16.8 Å². The summed E-state index contributed by atoms with van der Waals surface area (Å²) in [5.74, 6) is 0. The maximum atomic E-state index is 9.31. The largest absolute Gasteiger partial charge is 0.394 e. The van der Waals surface area contributed by atoms with Crippen LogP contribution in [0.4, 0.5) is 5.69 Å². The number of anilines is 1. The lowest BCUT2D eigenvalue weighted by molar-refractivity contribution is 0.105. The van der Waals surface area contributed by atoms with Crippen LogP contribution in [0.5, 0.6) is 0 Å². The van der Waals surface area contributed by atoms with Crippen molar-refractivity contribution in [1.29, 1.82) is 0 Å². The average molecular weight is 278 g/mol. The molecule has 0 aromatic heterocycles. The monoisotopic (exact) mass is 277 g/mol. The van der Waals surface area contributed by atoms with Gasteiger partial charge in [0.1, 0.15) is 0 Å². The van der Waals surface area contributed by atoms with E-state index < -0.39 is 6.10 Å². The Balaban J connectivity index is 2.15. The highest BCUT2D eigenvalue weighted by Crippen LogP contribution is 2.25. The Bertz CT molecular complexity index is 545. The average Bonchev–Trinajstić information content (AvgIpc) is 2.45. The second-order valence-corrected chi connectivity index (χ2v) is 4.74. The Morgan fingerprint density at radius 1 is 1.05 bits per heavy atom. The van der Waals surface area contributed by atoms with E-state index in [1.807, 2.05) is 48.5 Å². The molecule has 0 heterocycles. The van der Waals surface area contributed by atoms with Gasteiger partial charge in [0.15, 0.2) is 0 Å². The molecule has 0 spiro atoms. The number of halogens is 1. The minimum Gasteiger partial charge on any atom is -0.394 e. The quantitative estimate of drug-likeness (QED) is 0.788. The van der Waals surface area contributed by atoms with E-state index >= 15 is 0 Å². The Hall–Kier alpha value is -1.55. The molecule has 0 saturated carbocycles. The fourth-order valence-electron chi connectivity index (χ4n) is 1.78. The van der Waals surface area contributed by atoms with Crippen molar-refractivity contribution in [3.8, 4) is 11.1 Å². The predicted octanol–water partition coefficient (Wildman–Crippen LogP) is 2.77. The van der Waals surface area contributed by atoms with Gasteiger partial charge in [-0.1, -0.05) is 35.9 Å². The van der Waals surface area contributed by atoms with Crippen molar-refractivity contribution in [2.75, 3.05) is 18.5 Å². The molecule has 0 aliphatic carbocycles. The smallest absolute Gasteiger partial charge is 0.0942 e. The van der Waals surface area contributed by atoms with Gasteiger partial charge in [-0.3, -0.25) is 0 Å². The molecule has 0 fully saturated rings. The molecular weight excluding hydrogens is 262 g/mol. The number of nitrogens with one attached hydrogen (secondary N) is 1. The lowest BCUT2D eigenvalue weighted by Crippen LogP contribution is -2.22. The molecule has 100 valence electrons. The Morgan fingerprint density at radius 2 is 1.74 bits per heavy atom. The van der Waals surface area contributed by atoms with Gasteiger partial charge in [-0.05, 0) is 35.4 Å². The van der Waals surface area contributed by atoms with E-state index in [2.05, 4.69) is 5.32 Å². The van der Waals surface area contributed by atoms with Crippen LogP contribution in [0.25, 0.3) is 11.1 Å². The molecule has 1 atom stereocenters. The van der Waals surface area contributed by atoms with E-state index in [0.29, 0.717) is 11.6 Å². The van der Waals surface area contributed by atoms with Gasteiger partial charge in [0.05, 0.1) is 12.7 Å². The second-order valence-electron chi connectivity index (χ2n) is 4.31. The topological polar surface area (TPSA) is 52.5 Å². The Morgan fingerprint density at radius 3 is 2.42 bits per heavy atom. The maximum absolute atomic E-state index is 9.31. The summed E-state index contributed by atoms with van der Waals surface area (Å²) in [7, 11) is 0. The molecule has 0 radical (unpaired) electrons. The fraction of sp³-hybridized carbons (Fsp3) is 0.200. The van der Waals surface area contributed by atoms with E-state index in [-0.39, 0.29) is 6.61 Å². The fourth-order valence-corrected chi connectivity index (χ4v) is 1.97. The number of rotatable bonds is 5. The summed E-state index contributed by atoms with van der Waals surface area (Å²) in [6, 6.07) is 15.5. The molecule has 0 saturated heterocycles. The molecule has 3 N–H and O–H groups in total. The first-order valence-corrected chi connectivity index (χ1v) is 6.45. The van der Waals surface area contributed by atoms with Gasteiger partial charge in [-0.2, -0.15) is 0 Å². The van der Waals surface area contributed by atoms with Gasteiger partial charge in [-0.25, -0.2) is 0 Å². The van der Waals surface area contributed by atoms with Gasteiger partial charge in [0, 0.05) is 17.3 Å². The first-order valence-electron chi connectivity index (χ1n) is 6.08. The minimum absolute atomic E-state index is 0.249. The van der Waals surface area contributed by atoms with Crippen LogP contribution in [0, 0.1) is 0 Å². The molecule has 4 heteroatoms. The molecule has 1 unspecified atom stereocenters. The van der Waals surface area contributed by atoms with Crippen LogP contribution in [-0.2, 0) is 0 Å². The summed E-state index contributed by atoms with van der Waals surface area (Å²) in [5, 5.41) is 21.9. The summed E-state index contributed by atoms with van der Waals surface area (Å²) >= 11 is 5.98. The van der Waals surface area contributed by atoms with Crippen LogP contribution in [0.1, 0.15) is 0 Å². The molecule has 19 heavy (non-hydrogen) atoms. The molecule has 0 amide bonds. The van der Waals surface area contributed by atoms with Crippen LogP contribution in [0.2, 0.25) is 5.02 Å². The molecule has 3 nitrogen and oxygen atoms in total. The highest BCUT2D eigenvalue weighted by Gasteiger charge is 2.03. The van der Waals surface area contributed by atoms with Crippen LogP contribution in [0.15, 0.2) is 48.5 Å². The van der Waals surface area contributed by atoms with Crippen LogP contribution >= 0.6 is 11.6 Å². The van der Waals surface area contributed by atoms with Crippen molar-refractivity contribution in [2.24, 2.45) is 0 Å². The van der Waals surface area contributed by atoms with E-state index in [9.17, 15) is 5.11 Å². The van der Waals surface area contributed by atoms with Crippen molar-refractivity contribution in [1.82, 2.24) is 0 Å². The van der Waals surface area contributed by atoms with Crippen molar-refractivity contribution in [3.63, 3.8) is 0 Å². The van der Waals surface area contributed by atoms with E-state index in [4.69, 9.17) is 16.7 Å². The third kappa shape index (κ3) is 3.96. The summed E-state index contributed by atoms with van der Waals surface area (Å²) in [5.41, 5.74) is 2.98. The highest BCUT2D eigenvalue weighted by molar-refractivity contribution is 6.30. The van der Waals surface area contributed by atoms with Crippen LogP contribution in [-0.4, -0.2) is 29.5 Å². The lowest BCUT2D eigenvalue weighted by atomic mass is 10.1. The van der Waals surface area contributed by atoms with Gasteiger partial charge in [0.2, 0.25) is 0 Å².